The van der Waals surface area contributed by atoms with Crippen LogP contribution in [-0.4, -0.2) is 36.3 Å². The van der Waals surface area contributed by atoms with E-state index in [0.29, 0.717) is 16.7 Å². The highest BCUT2D eigenvalue weighted by molar-refractivity contribution is 5.84. The van der Waals surface area contributed by atoms with E-state index in [9.17, 15) is 5.21 Å². The molecule has 4 heteroatoms. The second-order valence-electron chi connectivity index (χ2n) is 4.93. The second kappa shape index (κ2) is 5.23. The lowest BCUT2D eigenvalue weighted by molar-refractivity contribution is -0.882. The summed E-state index contributed by atoms with van der Waals surface area (Å²) < 4.78 is 37.0. The summed E-state index contributed by atoms with van der Waals surface area (Å²) in [5.74, 6) is 0.540. The quantitative estimate of drug-likeness (QED) is 0.668. The van der Waals surface area contributed by atoms with Gasteiger partial charge in [-0.1, -0.05) is 0 Å². The third-order valence-electron chi connectivity index (χ3n) is 3.29. The fraction of sp³-hybridized carbons (Fsp3) is 0.467. The highest BCUT2D eigenvalue weighted by atomic mass is 16.5. The molecule has 1 heterocycles. The third kappa shape index (κ3) is 2.91. The van der Waals surface area contributed by atoms with Crippen LogP contribution in [0.15, 0.2) is 24.4 Å². The van der Waals surface area contributed by atoms with Crippen LogP contribution in [0.5, 0.6) is 5.75 Å². The maximum absolute atomic E-state index is 12.7. The minimum Gasteiger partial charge on any atom is -0.633 e. The van der Waals surface area contributed by atoms with Gasteiger partial charge in [0.15, 0.2) is 0 Å². The van der Waals surface area contributed by atoms with E-state index >= 15 is 0 Å². The first-order valence-electron chi connectivity index (χ1n) is 8.19. The number of rotatable bonds is 5. The summed E-state index contributed by atoms with van der Waals surface area (Å²) in [6.07, 6.45) is -1.07. The van der Waals surface area contributed by atoms with Crippen molar-refractivity contribution in [3.63, 3.8) is 0 Å². The first-order chi connectivity index (χ1) is 10.5. The van der Waals surface area contributed by atoms with Gasteiger partial charge in [0.25, 0.3) is 0 Å². The molecule has 104 valence electrons. The smallest absolute Gasteiger partial charge is 0.119 e. The molecule has 1 aromatic heterocycles. The van der Waals surface area contributed by atoms with Gasteiger partial charge >= 0.3 is 0 Å². The lowest BCUT2D eigenvalue weighted by Crippen LogP contribution is -2.45. The Morgan fingerprint density at radius 3 is 2.84 bits per heavy atom. The molecule has 0 aliphatic carbocycles. The van der Waals surface area contributed by atoms with Gasteiger partial charge < -0.3 is 19.6 Å². The van der Waals surface area contributed by atoms with E-state index in [0.717, 1.165) is 7.05 Å². The molecule has 0 radical (unpaired) electrons. The van der Waals surface area contributed by atoms with Crippen molar-refractivity contribution in [2.45, 2.75) is 26.3 Å². The molecular weight excluding hydrogens is 240 g/mol. The lowest BCUT2D eigenvalue weighted by Gasteiger charge is -2.42. The SMILES string of the molecule is [2H]C([2H])(c1c[nH]c2ccc(OC)cc12)C([2H])([2H])[N+](C)([O-])C(C)C. The average molecular weight is 266 g/mol. The lowest BCUT2D eigenvalue weighted by atomic mass is 10.1. The Hall–Kier alpha value is -1.52. The highest BCUT2D eigenvalue weighted by Crippen LogP contribution is 2.24. The number of methoxy groups -OCH3 is 1. The summed E-state index contributed by atoms with van der Waals surface area (Å²) in [6, 6.07) is 4.48. The number of ether oxygens (including phenoxy) is 1. The van der Waals surface area contributed by atoms with E-state index in [1.807, 2.05) is 0 Å². The van der Waals surface area contributed by atoms with Crippen molar-refractivity contribution in [1.29, 1.82) is 0 Å². The number of aryl methyl sites for hydroxylation is 1. The fourth-order valence-electron chi connectivity index (χ4n) is 1.63. The van der Waals surface area contributed by atoms with E-state index < -0.39 is 23.6 Å². The van der Waals surface area contributed by atoms with Gasteiger partial charge in [0.2, 0.25) is 0 Å². The molecule has 1 aromatic carbocycles. The topological polar surface area (TPSA) is 48.1 Å². The molecule has 0 bridgehead atoms. The molecule has 0 aliphatic heterocycles. The summed E-state index contributed by atoms with van der Waals surface area (Å²) in [5, 5.41) is 13.2. The molecule has 1 unspecified atom stereocenters. The van der Waals surface area contributed by atoms with E-state index in [1.54, 1.807) is 32.0 Å². The zero-order valence-electron chi connectivity index (χ0n) is 15.7. The van der Waals surface area contributed by atoms with Gasteiger partial charge in [-0.25, -0.2) is 0 Å². The van der Waals surface area contributed by atoms with Crippen molar-refractivity contribution in [2.24, 2.45) is 0 Å². The number of hydrogen-bond acceptors (Lipinski definition) is 2. The number of hydrogen-bond donors (Lipinski definition) is 1. The number of benzene rings is 1. The van der Waals surface area contributed by atoms with Crippen molar-refractivity contribution in [3.05, 3.63) is 35.2 Å². The maximum atomic E-state index is 12.7. The Balaban J connectivity index is 2.63. The van der Waals surface area contributed by atoms with E-state index in [-0.39, 0.29) is 5.56 Å². The summed E-state index contributed by atoms with van der Waals surface area (Å²) in [6.45, 7) is 0.498. The number of hydroxylamine groups is 3. The van der Waals surface area contributed by atoms with Crippen LogP contribution in [0.25, 0.3) is 10.9 Å². The summed E-state index contributed by atoms with van der Waals surface area (Å²) in [5.41, 5.74) is 0.766. The molecule has 0 amide bonds. The van der Waals surface area contributed by atoms with Crippen LogP contribution >= 0.6 is 0 Å². The molecular formula is C15H22N2O2. The molecule has 2 aromatic rings. The third-order valence-corrected chi connectivity index (χ3v) is 3.29. The number of H-pyrrole nitrogens is 1. The van der Waals surface area contributed by atoms with Crippen LogP contribution in [0, 0.1) is 5.21 Å². The van der Waals surface area contributed by atoms with Crippen LogP contribution in [0.4, 0.5) is 0 Å². The van der Waals surface area contributed by atoms with Crippen LogP contribution < -0.4 is 4.74 Å². The van der Waals surface area contributed by atoms with Gasteiger partial charge in [0.1, 0.15) is 5.75 Å². The predicted molar refractivity (Wildman–Crippen MR) is 78.1 cm³/mol. The van der Waals surface area contributed by atoms with Crippen molar-refractivity contribution in [1.82, 2.24) is 4.98 Å². The van der Waals surface area contributed by atoms with Crippen LogP contribution in [-0.2, 0) is 6.37 Å². The summed E-state index contributed by atoms with van der Waals surface area (Å²) >= 11 is 0. The second-order valence-corrected chi connectivity index (χ2v) is 4.93. The molecule has 0 spiro atoms. The molecule has 0 fully saturated rings. The predicted octanol–water partition coefficient (Wildman–Crippen LogP) is 3.07. The van der Waals surface area contributed by atoms with Crippen LogP contribution in [0.2, 0.25) is 0 Å². The zero-order chi connectivity index (χ0) is 17.6. The molecule has 0 aliphatic rings. The average Bonchev–Trinajstić information content (AvgIpc) is 2.89. The number of likely N-dealkylation sites (N-methyl/N-ethyl adjacent to an activating group) is 1. The van der Waals surface area contributed by atoms with Gasteiger partial charge in [-0.05, 0) is 37.6 Å². The Kier molecular flexibility index (Phi) is 2.59. The van der Waals surface area contributed by atoms with Crippen molar-refractivity contribution in [2.75, 3.05) is 20.7 Å². The van der Waals surface area contributed by atoms with Gasteiger partial charge in [-0.3, -0.25) is 0 Å². The fourth-order valence-corrected chi connectivity index (χ4v) is 1.63. The molecule has 1 N–H and O–H groups in total. The van der Waals surface area contributed by atoms with Gasteiger partial charge in [0.05, 0.1) is 29.4 Å². The normalized spacial score (nSPS) is 19.5. The number of nitrogens with one attached hydrogen (secondary N) is 1. The molecule has 0 saturated heterocycles. The molecule has 4 nitrogen and oxygen atoms in total. The number of aromatic amines is 1. The number of quaternary nitrogens is 1. The molecule has 19 heavy (non-hydrogen) atoms. The largest absolute Gasteiger partial charge is 0.633 e. The minimum absolute atomic E-state index is 0.109. The Bertz CT molecular complexity index is 711. The highest BCUT2D eigenvalue weighted by Gasteiger charge is 2.16. The van der Waals surface area contributed by atoms with E-state index in [4.69, 9.17) is 10.2 Å². The number of nitrogens with zero attached hydrogens (tertiary/aromatic N) is 1. The van der Waals surface area contributed by atoms with Crippen molar-refractivity contribution in [3.8, 4) is 5.75 Å². The Morgan fingerprint density at radius 2 is 2.21 bits per heavy atom. The minimum atomic E-state index is -2.67. The van der Waals surface area contributed by atoms with Gasteiger partial charge in [-0.2, -0.15) is 0 Å². The van der Waals surface area contributed by atoms with E-state index in [2.05, 4.69) is 4.98 Å². The number of fused-ring (bicyclic) bond motifs is 1. The Morgan fingerprint density at radius 1 is 1.47 bits per heavy atom. The first kappa shape index (κ1) is 9.39. The maximum Gasteiger partial charge on any atom is 0.119 e. The standard InChI is InChI=1S/C15H22N2O2/c1-11(2)17(3,18)8-7-12-10-16-15-6-5-13(19-4)9-14(12)15/h5-6,9-11,16H,7-8H2,1-4H3/i7D2,8D2. The first-order valence-corrected chi connectivity index (χ1v) is 6.19. The van der Waals surface area contributed by atoms with Crippen LogP contribution in [0.3, 0.4) is 0 Å². The molecule has 0 saturated carbocycles. The van der Waals surface area contributed by atoms with Gasteiger partial charge in [0, 0.05) is 26.2 Å². The summed E-state index contributed by atoms with van der Waals surface area (Å²) in [4.78, 5) is 2.93. The Labute approximate surface area is 119 Å². The zero-order valence-corrected chi connectivity index (χ0v) is 11.7. The molecule has 1 atom stereocenters. The van der Waals surface area contributed by atoms with Crippen molar-refractivity contribution >= 4 is 10.9 Å². The number of aromatic nitrogens is 1. The van der Waals surface area contributed by atoms with Gasteiger partial charge in [-0.15, -0.1) is 0 Å². The molecule has 2 rings (SSSR count). The monoisotopic (exact) mass is 266 g/mol. The van der Waals surface area contributed by atoms with Crippen molar-refractivity contribution < 1.29 is 14.9 Å². The summed E-state index contributed by atoms with van der Waals surface area (Å²) in [7, 11) is 2.67. The van der Waals surface area contributed by atoms with E-state index in [1.165, 1.54) is 13.3 Å². The van der Waals surface area contributed by atoms with Crippen LogP contribution in [0.1, 0.15) is 24.9 Å².